The Morgan fingerprint density at radius 1 is 1.17 bits per heavy atom. The first-order chi connectivity index (χ1) is 11.5. The molecule has 1 aliphatic rings. The highest BCUT2D eigenvalue weighted by Gasteiger charge is 2.17. The summed E-state index contributed by atoms with van der Waals surface area (Å²) in [6.07, 6.45) is 6.83. The van der Waals surface area contributed by atoms with E-state index >= 15 is 0 Å². The fraction of sp³-hybridized carbons (Fsp3) is 0.625. The van der Waals surface area contributed by atoms with Crippen LogP contribution in [0.5, 0.6) is 0 Å². The number of rotatable bonds is 8. The van der Waals surface area contributed by atoms with Crippen LogP contribution in [0.2, 0.25) is 0 Å². The lowest BCUT2D eigenvalue weighted by atomic mass is 9.87. The average molecular weight is 353 g/mol. The molecule has 0 aromatic carbocycles. The highest BCUT2D eigenvalue weighted by Crippen LogP contribution is 2.25. The van der Waals surface area contributed by atoms with Gasteiger partial charge in [0.2, 0.25) is 11.8 Å². The van der Waals surface area contributed by atoms with Crippen LogP contribution in [0.4, 0.5) is 0 Å². The van der Waals surface area contributed by atoms with E-state index in [0.717, 1.165) is 12.8 Å². The monoisotopic (exact) mass is 353 g/mol. The minimum absolute atomic E-state index is 0.0240. The summed E-state index contributed by atoms with van der Waals surface area (Å²) in [6.45, 7) is 0.341. The average Bonchev–Trinajstić information content (AvgIpc) is 3.03. The number of nitrogens with zero attached hydrogens (tertiary/aromatic N) is 1. The normalized spacial score (nSPS) is 15.0. The fourth-order valence-corrected chi connectivity index (χ4v) is 3.57. The summed E-state index contributed by atoms with van der Waals surface area (Å²) in [4.78, 5) is 38.2. The smallest absolute Gasteiger partial charge is 0.355 e. The highest BCUT2D eigenvalue weighted by atomic mass is 32.1. The molecule has 2 amide bonds. The van der Waals surface area contributed by atoms with Crippen molar-refractivity contribution in [3.8, 4) is 0 Å². The molecule has 7 nitrogen and oxygen atoms in total. The van der Waals surface area contributed by atoms with Crippen LogP contribution in [0, 0.1) is 5.92 Å². The van der Waals surface area contributed by atoms with Crippen molar-refractivity contribution in [2.75, 3.05) is 13.1 Å². The van der Waals surface area contributed by atoms with Crippen LogP contribution in [0.15, 0.2) is 5.38 Å². The van der Waals surface area contributed by atoms with Crippen molar-refractivity contribution in [3.05, 3.63) is 16.1 Å². The molecule has 0 aliphatic heterocycles. The maximum atomic E-state index is 11.8. The zero-order valence-corrected chi connectivity index (χ0v) is 14.4. The van der Waals surface area contributed by atoms with Crippen LogP contribution >= 0.6 is 11.3 Å². The van der Waals surface area contributed by atoms with Crippen LogP contribution in [0.3, 0.4) is 0 Å². The maximum Gasteiger partial charge on any atom is 0.355 e. The van der Waals surface area contributed by atoms with Gasteiger partial charge in [0.25, 0.3) is 0 Å². The molecule has 1 aliphatic carbocycles. The Bertz CT molecular complexity index is 582. The lowest BCUT2D eigenvalue weighted by Crippen LogP contribution is -2.38. The number of carboxylic acids is 1. The van der Waals surface area contributed by atoms with Gasteiger partial charge < -0.3 is 15.7 Å². The van der Waals surface area contributed by atoms with Crippen LogP contribution < -0.4 is 10.6 Å². The summed E-state index contributed by atoms with van der Waals surface area (Å²) in [7, 11) is 0. The molecular weight excluding hydrogens is 330 g/mol. The second-order valence-corrected chi connectivity index (χ2v) is 6.96. The molecule has 2 rings (SSSR count). The predicted octanol–water partition coefficient (Wildman–Crippen LogP) is 1.59. The Morgan fingerprint density at radius 2 is 1.92 bits per heavy atom. The molecule has 0 radical (unpaired) electrons. The molecule has 0 bridgehead atoms. The number of aromatic nitrogens is 1. The minimum atomic E-state index is -1.05. The van der Waals surface area contributed by atoms with E-state index in [9.17, 15) is 14.4 Å². The van der Waals surface area contributed by atoms with E-state index in [2.05, 4.69) is 15.6 Å². The van der Waals surface area contributed by atoms with Crippen molar-refractivity contribution in [1.82, 2.24) is 15.6 Å². The van der Waals surface area contributed by atoms with Crippen molar-refractivity contribution in [2.45, 2.75) is 44.9 Å². The first kappa shape index (κ1) is 18.4. The first-order valence-electron chi connectivity index (χ1n) is 8.25. The van der Waals surface area contributed by atoms with Crippen LogP contribution in [-0.4, -0.2) is 41.0 Å². The molecule has 132 valence electrons. The van der Waals surface area contributed by atoms with E-state index in [1.54, 1.807) is 0 Å². The van der Waals surface area contributed by atoms with Gasteiger partial charge in [-0.2, -0.15) is 0 Å². The predicted molar refractivity (Wildman–Crippen MR) is 90.0 cm³/mol. The number of aromatic carboxylic acids is 1. The lowest BCUT2D eigenvalue weighted by Gasteiger charge is -2.20. The summed E-state index contributed by atoms with van der Waals surface area (Å²) in [5.41, 5.74) is 0.0244. The standard InChI is InChI=1S/C16H23N3O4S/c20-13(8-11-4-2-1-3-5-11)18-9-14(21)17-7-6-15-19-12(10-24-15)16(22)23/h10-11H,1-9H2,(H,17,21)(H,18,20)(H,22,23). The summed E-state index contributed by atoms with van der Waals surface area (Å²) >= 11 is 1.25. The summed E-state index contributed by atoms with van der Waals surface area (Å²) in [5.74, 6) is -0.914. The summed E-state index contributed by atoms with van der Waals surface area (Å²) in [5, 5.41) is 16.3. The van der Waals surface area contributed by atoms with E-state index in [4.69, 9.17) is 5.11 Å². The van der Waals surface area contributed by atoms with Gasteiger partial charge in [0.15, 0.2) is 5.69 Å². The van der Waals surface area contributed by atoms with Crippen molar-refractivity contribution >= 4 is 29.1 Å². The molecule has 0 atom stereocenters. The molecular formula is C16H23N3O4S. The quantitative estimate of drug-likeness (QED) is 0.658. The third kappa shape index (κ3) is 6.27. The maximum absolute atomic E-state index is 11.8. The Balaban J connectivity index is 1.58. The summed E-state index contributed by atoms with van der Waals surface area (Å²) in [6, 6.07) is 0. The number of carbonyl (C=O) groups excluding carboxylic acids is 2. The molecule has 1 fully saturated rings. The van der Waals surface area contributed by atoms with E-state index in [-0.39, 0.29) is 24.1 Å². The van der Waals surface area contributed by atoms with Gasteiger partial charge in [-0.25, -0.2) is 9.78 Å². The number of nitrogens with one attached hydrogen (secondary N) is 2. The van der Waals surface area contributed by atoms with Crippen molar-refractivity contribution in [1.29, 1.82) is 0 Å². The van der Waals surface area contributed by atoms with Gasteiger partial charge in [0.1, 0.15) is 0 Å². The third-order valence-electron chi connectivity index (χ3n) is 4.08. The van der Waals surface area contributed by atoms with Gasteiger partial charge >= 0.3 is 5.97 Å². The Labute approximate surface area is 144 Å². The topological polar surface area (TPSA) is 108 Å². The number of hydrogen-bond donors (Lipinski definition) is 3. The van der Waals surface area contributed by atoms with Crippen LogP contribution in [0.25, 0.3) is 0 Å². The Kier molecular flexibility index (Phi) is 7.17. The number of carboxylic acid groups (broad SMARTS) is 1. The highest BCUT2D eigenvalue weighted by molar-refractivity contribution is 7.09. The molecule has 1 aromatic heterocycles. The molecule has 8 heteroatoms. The first-order valence-corrected chi connectivity index (χ1v) is 9.13. The second kappa shape index (κ2) is 9.36. The minimum Gasteiger partial charge on any atom is -0.476 e. The van der Waals surface area contributed by atoms with Gasteiger partial charge in [-0.3, -0.25) is 9.59 Å². The largest absolute Gasteiger partial charge is 0.476 e. The van der Waals surface area contributed by atoms with Gasteiger partial charge in [-0.05, 0) is 18.8 Å². The van der Waals surface area contributed by atoms with Crippen molar-refractivity contribution in [3.63, 3.8) is 0 Å². The van der Waals surface area contributed by atoms with Gasteiger partial charge in [0, 0.05) is 24.8 Å². The Morgan fingerprint density at radius 3 is 2.58 bits per heavy atom. The lowest BCUT2D eigenvalue weighted by molar-refractivity contribution is -0.126. The van der Waals surface area contributed by atoms with Gasteiger partial charge in [0.05, 0.1) is 11.6 Å². The summed E-state index contributed by atoms with van der Waals surface area (Å²) < 4.78 is 0. The molecule has 0 spiro atoms. The molecule has 24 heavy (non-hydrogen) atoms. The van der Waals surface area contributed by atoms with E-state index in [0.29, 0.717) is 30.3 Å². The third-order valence-corrected chi connectivity index (χ3v) is 4.99. The van der Waals surface area contributed by atoms with E-state index in [1.807, 2.05) is 0 Å². The fourth-order valence-electron chi connectivity index (χ4n) is 2.80. The second-order valence-electron chi connectivity index (χ2n) is 6.02. The Hall–Kier alpha value is -1.96. The SMILES string of the molecule is O=C(CNC(=O)CC1CCCCC1)NCCc1nc(C(=O)O)cs1. The zero-order chi connectivity index (χ0) is 17.4. The van der Waals surface area contributed by atoms with E-state index < -0.39 is 5.97 Å². The van der Waals surface area contributed by atoms with Gasteiger partial charge in [-0.15, -0.1) is 11.3 Å². The van der Waals surface area contributed by atoms with Crippen molar-refractivity contribution in [2.24, 2.45) is 5.92 Å². The number of carbonyl (C=O) groups is 3. The number of thiazole rings is 1. The van der Waals surface area contributed by atoms with Gasteiger partial charge in [-0.1, -0.05) is 19.3 Å². The van der Waals surface area contributed by atoms with E-state index in [1.165, 1.54) is 36.0 Å². The molecule has 3 N–H and O–H groups in total. The zero-order valence-electron chi connectivity index (χ0n) is 13.5. The number of amides is 2. The molecule has 1 aromatic rings. The molecule has 0 unspecified atom stereocenters. The molecule has 0 saturated heterocycles. The van der Waals surface area contributed by atoms with Crippen LogP contribution in [-0.2, 0) is 16.0 Å². The molecule has 1 saturated carbocycles. The van der Waals surface area contributed by atoms with Crippen LogP contribution in [0.1, 0.15) is 54.0 Å². The molecule has 1 heterocycles. The number of hydrogen-bond acceptors (Lipinski definition) is 5. The van der Waals surface area contributed by atoms with Crippen molar-refractivity contribution < 1.29 is 19.5 Å².